The van der Waals surface area contributed by atoms with E-state index < -0.39 is 0 Å². The van der Waals surface area contributed by atoms with Crippen molar-refractivity contribution in [1.29, 1.82) is 0 Å². The number of halogens is 1. The molecule has 0 saturated carbocycles. The highest BCUT2D eigenvalue weighted by molar-refractivity contribution is 9.09. The van der Waals surface area contributed by atoms with Crippen LogP contribution in [0.1, 0.15) is 20.3 Å². The molecular formula is C5H12BrN. The van der Waals surface area contributed by atoms with Gasteiger partial charge in [-0.05, 0) is 13.3 Å². The number of alkyl halides is 1. The van der Waals surface area contributed by atoms with Crippen LogP contribution in [0.5, 0.6) is 0 Å². The first-order valence-corrected chi connectivity index (χ1v) is 3.44. The number of nitrogens with two attached hydrogens (primary N) is 1. The minimum Gasteiger partial charge on any atom is -0.328 e. The lowest BCUT2D eigenvalue weighted by Gasteiger charge is -2.04. The zero-order valence-corrected chi connectivity index (χ0v) is 6.40. The van der Waals surface area contributed by atoms with Crippen LogP contribution >= 0.6 is 15.9 Å². The molecule has 0 spiro atoms. The van der Waals surface area contributed by atoms with Crippen molar-refractivity contribution in [2.75, 3.05) is 0 Å². The predicted molar refractivity (Wildman–Crippen MR) is 36.7 cm³/mol. The lowest BCUT2D eigenvalue weighted by molar-refractivity contribution is 0.668. The standard InChI is InChI=1S/C5H12BrN/c1-4(6)3-5(2)7/h4-5H,3,7H2,1-2H3. The average molecular weight is 166 g/mol. The predicted octanol–water partition coefficient (Wildman–Crippen LogP) is 1.51. The van der Waals surface area contributed by atoms with E-state index in [1.807, 2.05) is 6.92 Å². The smallest absolute Gasteiger partial charge is 0.0132 e. The molecule has 2 atom stereocenters. The fraction of sp³-hybridized carbons (Fsp3) is 1.00. The summed E-state index contributed by atoms with van der Waals surface area (Å²) in [4.78, 5) is 0.562. The van der Waals surface area contributed by atoms with Gasteiger partial charge in [-0.2, -0.15) is 0 Å². The molecular weight excluding hydrogens is 154 g/mol. The number of hydrogen-bond donors (Lipinski definition) is 1. The molecule has 0 heterocycles. The molecule has 0 amide bonds. The maximum atomic E-state index is 5.46. The molecule has 0 aliphatic rings. The van der Waals surface area contributed by atoms with E-state index >= 15 is 0 Å². The SMILES string of the molecule is CC(N)CC(C)Br. The van der Waals surface area contributed by atoms with E-state index in [1.165, 1.54) is 0 Å². The summed E-state index contributed by atoms with van der Waals surface area (Å²) >= 11 is 3.39. The quantitative estimate of drug-likeness (QED) is 0.618. The van der Waals surface area contributed by atoms with Gasteiger partial charge in [0.2, 0.25) is 0 Å². The minimum atomic E-state index is 0.328. The molecule has 1 nitrogen and oxygen atoms in total. The van der Waals surface area contributed by atoms with Crippen molar-refractivity contribution in [1.82, 2.24) is 0 Å². The third-order valence-electron chi connectivity index (χ3n) is 0.697. The Bertz CT molecular complexity index is 37.3. The van der Waals surface area contributed by atoms with E-state index in [9.17, 15) is 0 Å². The van der Waals surface area contributed by atoms with Crippen LogP contribution < -0.4 is 5.73 Å². The summed E-state index contributed by atoms with van der Waals surface area (Å²) in [6.45, 7) is 4.11. The van der Waals surface area contributed by atoms with Crippen molar-refractivity contribution in [3.05, 3.63) is 0 Å². The third-order valence-corrected chi connectivity index (χ3v) is 1.07. The Morgan fingerprint density at radius 1 is 1.57 bits per heavy atom. The van der Waals surface area contributed by atoms with Gasteiger partial charge in [0.05, 0.1) is 0 Å². The van der Waals surface area contributed by atoms with Gasteiger partial charge in [0.1, 0.15) is 0 Å². The van der Waals surface area contributed by atoms with Crippen molar-refractivity contribution in [3.8, 4) is 0 Å². The van der Waals surface area contributed by atoms with Gasteiger partial charge in [0.25, 0.3) is 0 Å². The highest BCUT2D eigenvalue weighted by Gasteiger charge is 1.97. The molecule has 0 saturated heterocycles. The summed E-state index contributed by atoms with van der Waals surface area (Å²) in [5.74, 6) is 0. The zero-order chi connectivity index (χ0) is 5.86. The summed E-state index contributed by atoms with van der Waals surface area (Å²) in [7, 11) is 0. The Balaban J connectivity index is 2.95. The zero-order valence-electron chi connectivity index (χ0n) is 4.82. The Labute approximate surface area is 53.4 Å². The van der Waals surface area contributed by atoms with Gasteiger partial charge in [0.15, 0.2) is 0 Å². The lowest BCUT2D eigenvalue weighted by Crippen LogP contribution is -2.17. The van der Waals surface area contributed by atoms with Crippen LogP contribution in [0.2, 0.25) is 0 Å². The van der Waals surface area contributed by atoms with E-state index in [0.717, 1.165) is 6.42 Å². The summed E-state index contributed by atoms with van der Waals surface area (Å²) in [5.41, 5.74) is 5.46. The molecule has 0 aliphatic heterocycles. The normalized spacial score (nSPS) is 18.9. The van der Waals surface area contributed by atoms with Gasteiger partial charge in [-0.3, -0.25) is 0 Å². The molecule has 0 rings (SSSR count). The fourth-order valence-electron chi connectivity index (χ4n) is 0.512. The molecule has 0 fully saturated rings. The molecule has 2 N–H and O–H groups in total. The molecule has 0 aliphatic carbocycles. The van der Waals surface area contributed by atoms with Crippen molar-refractivity contribution in [3.63, 3.8) is 0 Å². The summed E-state index contributed by atoms with van der Waals surface area (Å²) < 4.78 is 0. The van der Waals surface area contributed by atoms with Gasteiger partial charge in [-0.15, -0.1) is 0 Å². The van der Waals surface area contributed by atoms with Crippen LogP contribution in [0.15, 0.2) is 0 Å². The maximum absolute atomic E-state index is 5.46. The minimum absolute atomic E-state index is 0.328. The largest absolute Gasteiger partial charge is 0.328 e. The molecule has 0 aromatic rings. The summed E-state index contributed by atoms with van der Waals surface area (Å²) in [5, 5.41) is 0. The first-order chi connectivity index (χ1) is 3.13. The summed E-state index contributed by atoms with van der Waals surface area (Å²) in [6, 6.07) is 0.328. The van der Waals surface area contributed by atoms with E-state index in [-0.39, 0.29) is 0 Å². The third kappa shape index (κ3) is 6.44. The number of rotatable bonds is 2. The topological polar surface area (TPSA) is 26.0 Å². The van der Waals surface area contributed by atoms with Gasteiger partial charge in [-0.25, -0.2) is 0 Å². The Kier molecular flexibility index (Phi) is 3.66. The van der Waals surface area contributed by atoms with Gasteiger partial charge in [-0.1, -0.05) is 22.9 Å². The van der Waals surface area contributed by atoms with E-state index in [0.29, 0.717) is 10.9 Å². The second kappa shape index (κ2) is 3.44. The van der Waals surface area contributed by atoms with Gasteiger partial charge >= 0.3 is 0 Å². The molecule has 0 radical (unpaired) electrons. The van der Waals surface area contributed by atoms with Gasteiger partial charge in [0, 0.05) is 10.9 Å². The van der Waals surface area contributed by atoms with E-state index in [4.69, 9.17) is 5.73 Å². The Morgan fingerprint density at radius 3 is 2.00 bits per heavy atom. The van der Waals surface area contributed by atoms with Crippen molar-refractivity contribution >= 4 is 15.9 Å². The fourth-order valence-corrected chi connectivity index (χ4v) is 1.10. The molecule has 2 unspecified atom stereocenters. The Morgan fingerprint density at radius 2 is 2.00 bits per heavy atom. The van der Waals surface area contributed by atoms with Crippen molar-refractivity contribution in [2.24, 2.45) is 5.73 Å². The first-order valence-electron chi connectivity index (χ1n) is 2.52. The van der Waals surface area contributed by atoms with Crippen LogP contribution in [0, 0.1) is 0 Å². The van der Waals surface area contributed by atoms with E-state index in [2.05, 4.69) is 22.9 Å². The van der Waals surface area contributed by atoms with Crippen molar-refractivity contribution in [2.45, 2.75) is 31.1 Å². The lowest BCUT2D eigenvalue weighted by atomic mass is 10.2. The molecule has 0 aromatic carbocycles. The number of hydrogen-bond acceptors (Lipinski definition) is 1. The first kappa shape index (κ1) is 7.44. The van der Waals surface area contributed by atoms with Crippen LogP contribution in [-0.2, 0) is 0 Å². The summed E-state index contributed by atoms with van der Waals surface area (Å²) in [6.07, 6.45) is 1.06. The maximum Gasteiger partial charge on any atom is 0.0132 e. The second-order valence-electron chi connectivity index (χ2n) is 1.99. The van der Waals surface area contributed by atoms with Gasteiger partial charge < -0.3 is 5.73 Å². The van der Waals surface area contributed by atoms with Crippen molar-refractivity contribution < 1.29 is 0 Å². The van der Waals surface area contributed by atoms with Crippen LogP contribution in [0.4, 0.5) is 0 Å². The average Bonchev–Trinajstić information content (AvgIpc) is 1.27. The molecule has 44 valence electrons. The molecule has 2 heteroatoms. The van der Waals surface area contributed by atoms with E-state index in [1.54, 1.807) is 0 Å². The molecule has 0 bridgehead atoms. The molecule has 0 aromatic heterocycles. The second-order valence-corrected chi connectivity index (χ2v) is 3.56. The highest BCUT2D eigenvalue weighted by atomic mass is 79.9. The Hall–Kier alpha value is 0.440. The highest BCUT2D eigenvalue weighted by Crippen LogP contribution is 2.03. The monoisotopic (exact) mass is 165 g/mol. The van der Waals surface area contributed by atoms with Crippen LogP contribution in [-0.4, -0.2) is 10.9 Å². The van der Waals surface area contributed by atoms with Crippen LogP contribution in [0.3, 0.4) is 0 Å². The molecule has 7 heavy (non-hydrogen) atoms. The van der Waals surface area contributed by atoms with Crippen LogP contribution in [0.25, 0.3) is 0 Å².